The Kier molecular flexibility index (Phi) is 4.35. The summed E-state index contributed by atoms with van der Waals surface area (Å²) in [5, 5.41) is 2.66. The van der Waals surface area contributed by atoms with Gasteiger partial charge in [0.2, 0.25) is 0 Å². The van der Waals surface area contributed by atoms with Crippen LogP contribution in [0.5, 0.6) is 5.75 Å². The molecule has 0 atom stereocenters. The molecule has 2 rings (SSSR count). The van der Waals surface area contributed by atoms with Crippen LogP contribution in [0.15, 0.2) is 42.5 Å². The van der Waals surface area contributed by atoms with E-state index in [4.69, 9.17) is 4.74 Å². The van der Waals surface area contributed by atoms with Gasteiger partial charge in [-0.1, -0.05) is 12.1 Å². The first-order chi connectivity index (χ1) is 9.60. The minimum Gasteiger partial charge on any atom is -0.494 e. The number of hydrogen-bond acceptors (Lipinski definition) is 2. The van der Waals surface area contributed by atoms with Crippen molar-refractivity contribution in [2.45, 2.75) is 13.8 Å². The Labute approximate surface area is 117 Å². The molecule has 4 heteroatoms. The van der Waals surface area contributed by atoms with E-state index in [9.17, 15) is 9.18 Å². The first-order valence-corrected chi connectivity index (χ1v) is 6.40. The largest absolute Gasteiger partial charge is 0.494 e. The molecule has 0 saturated heterocycles. The van der Waals surface area contributed by atoms with Crippen molar-refractivity contribution in [1.29, 1.82) is 0 Å². The van der Waals surface area contributed by atoms with Gasteiger partial charge in [0.1, 0.15) is 11.6 Å². The van der Waals surface area contributed by atoms with Gasteiger partial charge >= 0.3 is 0 Å². The quantitative estimate of drug-likeness (QED) is 0.920. The Balaban J connectivity index is 2.17. The number of rotatable bonds is 4. The summed E-state index contributed by atoms with van der Waals surface area (Å²) < 4.78 is 19.1. The molecule has 0 bridgehead atoms. The second-order valence-corrected chi connectivity index (χ2v) is 4.40. The van der Waals surface area contributed by atoms with Crippen LogP contribution in [-0.2, 0) is 0 Å². The van der Waals surface area contributed by atoms with Crippen molar-refractivity contribution in [2.75, 3.05) is 11.9 Å². The molecule has 0 unspecified atom stereocenters. The van der Waals surface area contributed by atoms with Gasteiger partial charge in [0.15, 0.2) is 0 Å². The third-order valence-corrected chi connectivity index (χ3v) is 2.77. The van der Waals surface area contributed by atoms with E-state index in [1.807, 2.05) is 6.92 Å². The van der Waals surface area contributed by atoms with Crippen molar-refractivity contribution in [3.63, 3.8) is 0 Å². The number of benzene rings is 2. The molecule has 0 aliphatic heterocycles. The molecule has 1 amide bonds. The van der Waals surface area contributed by atoms with Crippen LogP contribution >= 0.6 is 0 Å². The van der Waals surface area contributed by atoms with E-state index < -0.39 is 11.7 Å². The second-order valence-electron chi connectivity index (χ2n) is 4.40. The third-order valence-electron chi connectivity index (χ3n) is 2.77. The summed E-state index contributed by atoms with van der Waals surface area (Å²) >= 11 is 0. The standard InChI is InChI=1S/C16H16FNO2/c1-3-20-13-6-4-5-12(10-13)18-16(19)14-8-7-11(2)9-15(14)17/h4-10H,3H2,1-2H3,(H,18,19). The SMILES string of the molecule is CCOc1cccc(NC(=O)c2ccc(C)cc2F)c1. The molecule has 0 spiro atoms. The fourth-order valence-electron chi connectivity index (χ4n) is 1.83. The van der Waals surface area contributed by atoms with Gasteiger partial charge in [-0.15, -0.1) is 0 Å². The molecule has 2 aromatic rings. The molecule has 0 heterocycles. The van der Waals surface area contributed by atoms with Crippen LogP contribution in [0.4, 0.5) is 10.1 Å². The second kappa shape index (κ2) is 6.19. The van der Waals surface area contributed by atoms with Gasteiger partial charge in [-0.2, -0.15) is 0 Å². The van der Waals surface area contributed by atoms with Crippen molar-refractivity contribution in [1.82, 2.24) is 0 Å². The van der Waals surface area contributed by atoms with Crippen LogP contribution in [-0.4, -0.2) is 12.5 Å². The highest BCUT2D eigenvalue weighted by Crippen LogP contribution is 2.19. The number of hydrogen-bond donors (Lipinski definition) is 1. The van der Waals surface area contributed by atoms with Crippen molar-refractivity contribution in [3.8, 4) is 5.75 Å². The zero-order chi connectivity index (χ0) is 14.5. The molecule has 0 saturated carbocycles. The zero-order valence-electron chi connectivity index (χ0n) is 11.4. The van der Waals surface area contributed by atoms with Gasteiger partial charge < -0.3 is 10.1 Å². The van der Waals surface area contributed by atoms with Crippen LogP contribution < -0.4 is 10.1 Å². The van der Waals surface area contributed by atoms with Gasteiger partial charge in [-0.05, 0) is 43.7 Å². The van der Waals surface area contributed by atoms with Gasteiger partial charge in [0.05, 0.1) is 12.2 Å². The smallest absolute Gasteiger partial charge is 0.258 e. The summed E-state index contributed by atoms with van der Waals surface area (Å²) in [5.74, 6) is -0.339. The van der Waals surface area contributed by atoms with Gasteiger partial charge in [-0.25, -0.2) is 4.39 Å². The van der Waals surface area contributed by atoms with E-state index in [1.165, 1.54) is 12.1 Å². The third kappa shape index (κ3) is 3.35. The molecule has 0 aromatic heterocycles. The van der Waals surface area contributed by atoms with Crippen molar-refractivity contribution >= 4 is 11.6 Å². The summed E-state index contributed by atoms with van der Waals surface area (Å²) in [6.07, 6.45) is 0. The number of anilines is 1. The average molecular weight is 273 g/mol. The van der Waals surface area contributed by atoms with E-state index in [2.05, 4.69) is 5.32 Å². The molecular formula is C16H16FNO2. The van der Waals surface area contributed by atoms with Gasteiger partial charge in [-0.3, -0.25) is 4.79 Å². The predicted molar refractivity (Wildman–Crippen MR) is 76.7 cm³/mol. The normalized spacial score (nSPS) is 10.2. The summed E-state index contributed by atoms with van der Waals surface area (Å²) in [7, 11) is 0. The first-order valence-electron chi connectivity index (χ1n) is 6.40. The number of ether oxygens (including phenoxy) is 1. The number of carbonyl (C=O) groups excluding carboxylic acids is 1. The number of nitrogens with one attached hydrogen (secondary N) is 1. The van der Waals surface area contributed by atoms with E-state index in [0.29, 0.717) is 18.0 Å². The Morgan fingerprint density at radius 1 is 1.25 bits per heavy atom. The molecule has 0 aliphatic carbocycles. The molecule has 0 fully saturated rings. The number of halogens is 1. The monoisotopic (exact) mass is 273 g/mol. The zero-order valence-corrected chi connectivity index (χ0v) is 11.4. The van der Waals surface area contributed by atoms with Crippen LogP contribution in [0.2, 0.25) is 0 Å². The number of amides is 1. The Hall–Kier alpha value is -2.36. The molecule has 20 heavy (non-hydrogen) atoms. The van der Waals surface area contributed by atoms with Crippen LogP contribution in [0.3, 0.4) is 0 Å². The highest BCUT2D eigenvalue weighted by atomic mass is 19.1. The van der Waals surface area contributed by atoms with E-state index in [-0.39, 0.29) is 5.56 Å². The number of aryl methyl sites for hydroxylation is 1. The highest BCUT2D eigenvalue weighted by Gasteiger charge is 2.12. The minimum absolute atomic E-state index is 0.0254. The summed E-state index contributed by atoms with van der Waals surface area (Å²) in [4.78, 5) is 12.0. The Morgan fingerprint density at radius 3 is 2.75 bits per heavy atom. The maximum atomic E-state index is 13.7. The first kappa shape index (κ1) is 14.1. The van der Waals surface area contributed by atoms with Crippen molar-refractivity contribution < 1.29 is 13.9 Å². The minimum atomic E-state index is -0.525. The summed E-state index contributed by atoms with van der Waals surface area (Å²) in [5.41, 5.74) is 1.37. The topological polar surface area (TPSA) is 38.3 Å². The van der Waals surface area contributed by atoms with E-state index in [1.54, 1.807) is 37.3 Å². The van der Waals surface area contributed by atoms with Gasteiger partial charge in [0, 0.05) is 11.8 Å². The summed E-state index contributed by atoms with van der Waals surface area (Å²) in [6.45, 7) is 4.20. The van der Waals surface area contributed by atoms with Crippen LogP contribution in [0.25, 0.3) is 0 Å². The molecule has 2 aromatic carbocycles. The lowest BCUT2D eigenvalue weighted by atomic mass is 10.1. The maximum absolute atomic E-state index is 13.7. The molecule has 1 N–H and O–H groups in total. The maximum Gasteiger partial charge on any atom is 0.258 e. The average Bonchev–Trinajstić information content (AvgIpc) is 2.39. The summed E-state index contributed by atoms with van der Waals surface area (Å²) in [6, 6.07) is 11.5. The molecule has 3 nitrogen and oxygen atoms in total. The lowest BCUT2D eigenvalue weighted by molar-refractivity contribution is 0.102. The molecule has 0 aliphatic rings. The highest BCUT2D eigenvalue weighted by molar-refractivity contribution is 6.04. The van der Waals surface area contributed by atoms with Crippen molar-refractivity contribution in [2.24, 2.45) is 0 Å². The molecular weight excluding hydrogens is 257 g/mol. The van der Waals surface area contributed by atoms with Crippen molar-refractivity contribution in [3.05, 3.63) is 59.4 Å². The van der Waals surface area contributed by atoms with E-state index in [0.717, 1.165) is 5.56 Å². The Morgan fingerprint density at radius 2 is 2.05 bits per heavy atom. The fraction of sp³-hybridized carbons (Fsp3) is 0.188. The molecule has 104 valence electrons. The molecule has 0 radical (unpaired) electrons. The lowest BCUT2D eigenvalue weighted by Crippen LogP contribution is -2.13. The van der Waals surface area contributed by atoms with Crippen LogP contribution in [0.1, 0.15) is 22.8 Å². The Bertz CT molecular complexity index is 626. The number of carbonyl (C=O) groups is 1. The van der Waals surface area contributed by atoms with Crippen LogP contribution in [0, 0.1) is 12.7 Å². The lowest BCUT2D eigenvalue weighted by Gasteiger charge is -2.08. The predicted octanol–water partition coefficient (Wildman–Crippen LogP) is 3.79. The van der Waals surface area contributed by atoms with E-state index >= 15 is 0 Å². The van der Waals surface area contributed by atoms with Gasteiger partial charge in [0.25, 0.3) is 5.91 Å². The fourth-order valence-corrected chi connectivity index (χ4v) is 1.83.